The van der Waals surface area contributed by atoms with Crippen molar-refractivity contribution in [3.05, 3.63) is 66.2 Å². The molecule has 0 saturated carbocycles. The van der Waals surface area contributed by atoms with E-state index in [4.69, 9.17) is 0 Å². The van der Waals surface area contributed by atoms with E-state index in [0.717, 1.165) is 12.8 Å². The quantitative estimate of drug-likeness (QED) is 0.493. The second kappa shape index (κ2) is 5.94. The molecule has 2 aromatic carbocycles. The largest absolute Gasteiger partial charge is 0.0555 e. The summed E-state index contributed by atoms with van der Waals surface area (Å²) in [6.07, 6.45) is 6.87. The van der Waals surface area contributed by atoms with E-state index in [-0.39, 0.29) is 0 Å². The highest BCUT2D eigenvalue weighted by Crippen LogP contribution is 2.35. The third-order valence-electron chi connectivity index (χ3n) is 5.60. The molecule has 120 valence electrons. The Morgan fingerprint density at radius 3 is 1.91 bits per heavy atom. The first kappa shape index (κ1) is 16.5. The van der Waals surface area contributed by atoms with Crippen LogP contribution in [0.15, 0.2) is 10.5 Å². The van der Waals surface area contributed by atoms with Crippen LogP contribution in [0, 0.1) is 41.5 Å². The van der Waals surface area contributed by atoms with Gasteiger partial charge < -0.3 is 0 Å². The lowest BCUT2D eigenvalue weighted by molar-refractivity contribution is 0.911. The zero-order valence-electron chi connectivity index (χ0n) is 15.0. The second-order valence-corrected chi connectivity index (χ2v) is 7.74. The van der Waals surface area contributed by atoms with Gasteiger partial charge in [-0.3, -0.25) is 0 Å². The highest BCUT2D eigenvalue weighted by molar-refractivity contribution is 9.10. The van der Waals surface area contributed by atoms with Crippen LogP contribution in [-0.4, -0.2) is 0 Å². The maximum Gasteiger partial charge on any atom is 0.0242 e. The maximum atomic E-state index is 3.82. The Balaban J connectivity index is 2.34. The average molecular weight is 369 g/mol. The van der Waals surface area contributed by atoms with Crippen LogP contribution in [0.1, 0.15) is 55.6 Å². The number of fused-ring (bicyclic) bond motifs is 4. The Labute approximate surface area is 148 Å². The summed E-state index contributed by atoms with van der Waals surface area (Å²) < 4.78 is 1.27. The van der Waals surface area contributed by atoms with Gasteiger partial charge in [0.05, 0.1) is 0 Å². The summed E-state index contributed by atoms with van der Waals surface area (Å²) in [5.74, 6) is 0. The third-order valence-corrected chi connectivity index (χ3v) is 6.79. The van der Waals surface area contributed by atoms with Crippen LogP contribution in [0.4, 0.5) is 0 Å². The highest BCUT2D eigenvalue weighted by Gasteiger charge is 2.17. The number of aryl methyl sites for hydroxylation is 2. The highest BCUT2D eigenvalue weighted by atomic mass is 79.9. The smallest absolute Gasteiger partial charge is 0.0242 e. The normalized spacial score (nSPS) is 14.7. The van der Waals surface area contributed by atoms with Crippen LogP contribution in [0.5, 0.6) is 0 Å². The van der Waals surface area contributed by atoms with Crippen LogP contribution >= 0.6 is 15.9 Å². The number of benzene rings is 2. The van der Waals surface area contributed by atoms with Crippen molar-refractivity contribution >= 4 is 28.1 Å². The van der Waals surface area contributed by atoms with Crippen LogP contribution in [-0.2, 0) is 12.8 Å². The summed E-state index contributed by atoms with van der Waals surface area (Å²) in [7, 11) is 0. The van der Waals surface area contributed by atoms with E-state index in [1.807, 2.05) is 0 Å². The van der Waals surface area contributed by atoms with E-state index in [2.05, 4.69) is 75.7 Å². The molecule has 4 bridgehead atoms. The Bertz CT molecular complexity index is 838. The van der Waals surface area contributed by atoms with Crippen LogP contribution < -0.4 is 0 Å². The van der Waals surface area contributed by atoms with Crippen molar-refractivity contribution in [2.24, 2.45) is 0 Å². The van der Waals surface area contributed by atoms with Gasteiger partial charge in [0, 0.05) is 4.47 Å². The van der Waals surface area contributed by atoms with E-state index < -0.39 is 0 Å². The van der Waals surface area contributed by atoms with Crippen molar-refractivity contribution in [3.63, 3.8) is 0 Å². The minimum Gasteiger partial charge on any atom is -0.0555 e. The molecule has 0 fully saturated rings. The first-order valence-electron chi connectivity index (χ1n) is 8.38. The minimum atomic E-state index is 1.11. The molecule has 0 unspecified atom stereocenters. The minimum absolute atomic E-state index is 1.11. The lowest BCUT2D eigenvalue weighted by Crippen LogP contribution is -2.07. The van der Waals surface area contributed by atoms with Crippen molar-refractivity contribution in [3.8, 4) is 0 Å². The van der Waals surface area contributed by atoms with Crippen molar-refractivity contribution in [1.82, 2.24) is 0 Å². The van der Waals surface area contributed by atoms with Gasteiger partial charge in [0.1, 0.15) is 0 Å². The first-order valence-corrected chi connectivity index (χ1v) is 9.18. The molecule has 0 spiro atoms. The summed E-state index contributed by atoms with van der Waals surface area (Å²) in [6, 6.07) is 2.35. The lowest BCUT2D eigenvalue weighted by atomic mass is 9.84. The summed E-state index contributed by atoms with van der Waals surface area (Å²) >= 11 is 3.82. The van der Waals surface area contributed by atoms with Crippen molar-refractivity contribution < 1.29 is 0 Å². The summed E-state index contributed by atoms with van der Waals surface area (Å²) in [6.45, 7) is 13.5. The summed E-state index contributed by atoms with van der Waals surface area (Å²) in [5.41, 5.74) is 14.3. The van der Waals surface area contributed by atoms with Gasteiger partial charge in [-0.05, 0) is 110 Å². The summed E-state index contributed by atoms with van der Waals surface area (Å²) in [5, 5.41) is 0. The van der Waals surface area contributed by atoms with E-state index in [0.29, 0.717) is 0 Å². The molecule has 0 heterocycles. The second-order valence-electron chi connectivity index (χ2n) is 6.94. The van der Waals surface area contributed by atoms with Crippen molar-refractivity contribution in [1.29, 1.82) is 0 Å². The molecule has 23 heavy (non-hydrogen) atoms. The number of rotatable bonds is 0. The molecule has 1 heteroatoms. The Morgan fingerprint density at radius 2 is 1.22 bits per heavy atom. The molecule has 3 rings (SSSR count). The van der Waals surface area contributed by atoms with E-state index in [1.165, 1.54) is 60.1 Å². The summed E-state index contributed by atoms with van der Waals surface area (Å²) in [4.78, 5) is 0. The molecule has 0 radical (unpaired) electrons. The zero-order valence-corrected chi connectivity index (χ0v) is 16.6. The molecule has 1 aliphatic rings. The fourth-order valence-electron chi connectivity index (χ4n) is 4.18. The fraction of sp³-hybridized carbons (Fsp3) is 0.364. The first-order chi connectivity index (χ1) is 10.8. The Kier molecular flexibility index (Phi) is 4.27. The lowest BCUT2D eigenvalue weighted by Gasteiger charge is -2.22. The van der Waals surface area contributed by atoms with E-state index in [1.54, 1.807) is 0 Å². The molecule has 1 aliphatic carbocycles. The van der Waals surface area contributed by atoms with Gasteiger partial charge in [-0.25, -0.2) is 0 Å². The average Bonchev–Trinajstić information content (AvgIpc) is 2.49. The van der Waals surface area contributed by atoms with Crippen LogP contribution in [0.3, 0.4) is 0 Å². The van der Waals surface area contributed by atoms with Gasteiger partial charge >= 0.3 is 0 Å². The van der Waals surface area contributed by atoms with Gasteiger partial charge in [0.2, 0.25) is 0 Å². The molecular formula is C22H25Br. The molecule has 2 aromatic rings. The molecule has 0 amide bonds. The standard InChI is InChI=1S/C22H25Br/c1-12-11-13(2)19-8-10-21-15(4)20(9-7-18(12)14(19)3)16(5)22(23)17(21)6/h7,9,11H,8,10H2,1-6H3/b9-7-. The molecule has 0 saturated heterocycles. The third kappa shape index (κ3) is 2.59. The Hall–Kier alpha value is -1.34. The predicted octanol–water partition coefficient (Wildman–Crippen LogP) is 6.57. The van der Waals surface area contributed by atoms with Gasteiger partial charge in [-0.1, -0.05) is 34.1 Å². The number of hydrogen-bond acceptors (Lipinski definition) is 0. The number of halogens is 1. The topological polar surface area (TPSA) is 0 Å². The number of hydrogen-bond donors (Lipinski definition) is 0. The van der Waals surface area contributed by atoms with Crippen molar-refractivity contribution in [2.75, 3.05) is 0 Å². The van der Waals surface area contributed by atoms with Gasteiger partial charge in [0.15, 0.2) is 0 Å². The van der Waals surface area contributed by atoms with Gasteiger partial charge in [0.25, 0.3) is 0 Å². The maximum absolute atomic E-state index is 3.82. The molecule has 0 aliphatic heterocycles. The van der Waals surface area contributed by atoms with Crippen LogP contribution in [0.25, 0.3) is 12.2 Å². The molecule has 0 N–H and O–H groups in total. The molecule has 0 aromatic heterocycles. The molecular weight excluding hydrogens is 344 g/mol. The molecule has 0 atom stereocenters. The van der Waals surface area contributed by atoms with Gasteiger partial charge in [-0.2, -0.15) is 0 Å². The van der Waals surface area contributed by atoms with Gasteiger partial charge in [-0.15, -0.1) is 0 Å². The van der Waals surface area contributed by atoms with E-state index >= 15 is 0 Å². The molecule has 0 nitrogen and oxygen atoms in total. The van der Waals surface area contributed by atoms with Crippen LogP contribution in [0.2, 0.25) is 0 Å². The predicted molar refractivity (Wildman–Crippen MR) is 105 cm³/mol. The zero-order chi connectivity index (χ0) is 16.9. The Morgan fingerprint density at radius 1 is 0.652 bits per heavy atom. The monoisotopic (exact) mass is 368 g/mol. The fourth-order valence-corrected chi connectivity index (χ4v) is 4.64. The van der Waals surface area contributed by atoms with Crippen molar-refractivity contribution in [2.45, 2.75) is 54.4 Å². The SMILES string of the molecule is Cc1cc(C)c2c(C)c1/C=C\c1c(C)c(Br)c(C)c(c1C)CC2. The van der Waals surface area contributed by atoms with E-state index in [9.17, 15) is 0 Å².